The van der Waals surface area contributed by atoms with Crippen molar-refractivity contribution in [2.45, 2.75) is 65.0 Å². The van der Waals surface area contributed by atoms with E-state index in [0.717, 1.165) is 58.4 Å². The SMILES string of the molecule is CC(C)C1(C(=O)N2CC=C(c3ccccc3)CC2)CC[C@@H](NC2CCOC[C@H]2C)C1. The molecule has 1 amide bonds. The van der Waals surface area contributed by atoms with Gasteiger partial charge in [0.05, 0.1) is 12.0 Å². The van der Waals surface area contributed by atoms with Crippen LogP contribution in [0.4, 0.5) is 0 Å². The molecule has 3 aliphatic rings. The Morgan fingerprint density at radius 1 is 1.23 bits per heavy atom. The van der Waals surface area contributed by atoms with E-state index in [1.807, 2.05) is 0 Å². The number of benzene rings is 1. The third kappa shape index (κ3) is 4.36. The zero-order valence-electron chi connectivity index (χ0n) is 18.9. The van der Waals surface area contributed by atoms with E-state index >= 15 is 0 Å². The van der Waals surface area contributed by atoms with E-state index in [-0.39, 0.29) is 5.41 Å². The molecule has 1 aliphatic carbocycles. The normalized spacial score (nSPS) is 32.3. The van der Waals surface area contributed by atoms with Gasteiger partial charge in [0.25, 0.3) is 0 Å². The third-order valence-corrected chi connectivity index (χ3v) is 7.81. The van der Waals surface area contributed by atoms with Crippen molar-refractivity contribution in [2.75, 3.05) is 26.3 Å². The fraction of sp³-hybridized carbons (Fsp3) is 0.654. The highest BCUT2D eigenvalue weighted by Crippen LogP contribution is 2.46. The number of nitrogens with zero attached hydrogens (tertiary/aromatic N) is 1. The van der Waals surface area contributed by atoms with Crippen molar-refractivity contribution < 1.29 is 9.53 Å². The van der Waals surface area contributed by atoms with E-state index in [0.29, 0.717) is 29.8 Å². The predicted molar refractivity (Wildman–Crippen MR) is 122 cm³/mol. The number of amides is 1. The topological polar surface area (TPSA) is 41.6 Å². The quantitative estimate of drug-likeness (QED) is 0.776. The maximum absolute atomic E-state index is 13.8. The van der Waals surface area contributed by atoms with Gasteiger partial charge >= 0.3 is 0 Å². The van der Waals surface area contributed by atoms with Crippen molar-refractivity contribution in [2.24, 2.45) is 17.3 Å². The summed E-state index contributed by atoms with van der Waals surface area (Å²) in [5, 5.41) is 3.90. The number of carbonyl (C=O) groups excluding carboxylic acids is 1. The van der Waals surface area contributed by atoms with Crippen LogP contribution in [0.1, 0.15) is 58.4 Å². The molecule has 4 atom stereocenters. The van der Waals surface area contributed by atoms with Crippen LogP contribution >= 0.6 is 0 Å². The van der Waals surface area contributed by atoms with Gasteiger partial charge in [-0.3, -0.25) is 4.79 Å². The van der Waals surface area contributed by atoms with Gasteiger partial charge in [0.15, 0.2) is 0 Å². The first-order valence-corrected chi connectivity index (χ1v) is 11.9. The first-order chi connectivity index (χ1) is 14.5. The van der Waals surface area contributed by atoms with Crippen molar-refractivity contribution in [3.8, 4) is 0 Å². The Balaban J connectivity index is 1.42. The Hall–Kier alpha value is -1.65. The molecule has 4 heteroatoms. The van der Waals surface area contributed by atoms with E-state index in [1.165, 1.54) is 11.1 Å². The number of ether oxygens (including phenoxy) is 1. The molecule has 4 nitrogen and oxygen atoms in total. The summed E-state index contributed by atoms with van der Waals surface area (Å²) < 4.78 is 5.61. The van der Waals surface area contributed by atoms with Crippen LogP contribution in [0.2, 0.25) is 0 Å². The van der Waals surface area contributed by atoms with Gasteiger partial charge in [-0.15, -0.1) is 0 Å². The summed E-state index contributed by atoms with van der Waals surface area (Å²) in [7, 11) is 0. The Labute approximate surface area is 182 Å². The second kappa shape index (κ2) is 9.23. The molecule has 2 unspecified atom stereocenters. The lowest BCUT2D eigenvalue weighted by atomic mass is 9.74. The number of hydrogen-bond acceptors (Lipinski definition) is 3. The van der Waals surface area contributed by atoms with Crippen LogP contribution in [0.25, 0.3) is 5.57 Å². The van der Waals surface area contributed by atoms with Gasteiger partial charge in [-0.25, -0.2) is 0 Å². The van der Waals surface area contributed by atoms with Gasteiger partial charge in [0, 0.05) is 31.8 Å². The standard InChI is InChI=1S/C26H38N2O2/c1-19(2)26(13-9-23(17-26)27-24-12-16-30-18-20(24)3)25(29)28-14-10-22(11-15-28)21-7-5-4-6-8-21/h4-8,10,19-20,23-24,27H,9,11-18H2,1-3H3/t20-,23-,24?,26?/m1/s1. The van der Waals surface area contributed by atoms with Gasteiger partial charge in [0.2, 0.25) is 5.91 Å². The summed E-state index contributed by atoms with van der Waals surface area (Å²) in [4.78, 5) is 15.9. The molecule has 0 radical (unpaired) electrons. The van der Waals surface area contributed by atoms with Crippen LogP contribution in [0, 0.1) is 17.3 Å². The number of carbonyl (C=O) groups is 1. The maximum atomic E-state index is 13.8. The first kappa shape index (κ1) is 21.6. The summed E-state index contributed by atoms with van der Waals surface area (Å²) in [6.45, 7) is 10.0. The molecule has 164 valence electrons. The molecular weight excluding hydrogens is 372 g/mol. The average Bonchev–Trinajstić information content (AvgIpc) is 3.21. The zero-order chi connectivity index (χ0) is 21.1. The fourth-order valence-electron chi connectivity index (χ4n) is 5.70. The zero-order valence-corrected chi connectivity index (χ0v) is 18.9. The van der Waals surface area contributed by atoms with E-state index in [1.54, 1.807) is 0 Å². The molecule has 1 saturated heterocycles. The fourth-order valence-corrected chi connectivity index (χ4v) is 5.70. The number of nitrogens with one attached hydrogen (secondary N) is 1. The van der Waals surface area contributed by atoms with Crippen LogP contribution in [0.15, 0.2) is 36.4 Å². The van der Waals surface area contributed by atoms with E-state index in [9.17, 15) is 4.79 Å². The van der Waals surface area contributed by atoms with E-state index in [2.05, 4.69) is 67.4 Å². The molecular formula is C26H38N2O2. The van der Waals surface area contributed by atoms with Gasteiger partial charge in [-0.05, 0) is 55.1 Å². The minimum absolute atomic E-state index is 0.218. The Morgan fingerprint density at radius 3 is 2.70 bits per heavy atom. The van der Waals surface area contributed by atoms with E-state index in [4.69, 9.17) is 4.74 Å². The molecule has 1 N–H and O–H groups in total. The Bertz CT molecular complexity index is 760. The lowest BCUT2D eigenvalue weighted by Crippen LogP contribution is -2.49. The third-order valence-electron chi connectivity index (χ3n) is 7.81. The van der Waals surface area contributed by atoms with E-state index < -0.39 is 0 Å². The lowest BCUT2D eigenvalue weighted by molar-refractivity contribution is -0.144. The highest BCUT2D eigenvalue weighted by atomic mass is 16.5. The predicted octanol–water partition coefficient (Wildman–Crippen LogP) is 4.51. The van der Waals surface area contributed by atoms with Crippen LogP contribution < -0.4 is 5.32 Å². The van der Waals surface area contributed by atoms with Crippen LogP contribution in [0.5, 0.6) is 0 Å². The Kier molecular flexibility index (Phi) is 6.64. The summed E-state index contributed by atoms with van der Waals surface area (Å²) in [6, 6.07) is 11.5. The van der Waals surface area contributed by atoms with Crippen LogP contribution in [-0.4, -0.2) is 49.2 Å². The summed E-state index contributed by atoms with van der Waals surface area (Å²) >= 11 is 0. The molecule has 0 aromatic heterocycles. The van der Waals surface area contributed by atoms with Crippen LogP contribution in [0.3, 0.4) is 0 Å². The number of rotatable bonds is 5. The lowest BCUT2D eigenvalue weighted by Gasteiger charge is -2.39. The molecule has 0 spiro atoms. The minimum atomic E-state index is -0.218. The van der Waals surface area contributed by atoms with Gasteiger partial charge < -0.3 is 15.0 Å². The molecule has 30 heavy (non-hydrogen) atoms. The summed E-state index contributed by atoms with van der Waals surface area (Å²) in [5.74, 6) is 1.29. The Morgan fingerprint density at radius 2 is 2.03 bits per heavy atom. The van der Waals surface area contributed by atoms with Crippen molar-refractivity contribution in [3.05, 3.63) is 42.0 Å². The van der Waals surface area contributed by atoms with Crippen LogP contribution in [-0.2, 0) is 9.53 Å². The van der Waals surface area contributed by atoms with Gasteiger partial charge in [0.1, 0.15) is 0 Å². The maximum Gasteiger partial charge on any atom is 0.229 e. The van der Waals surface area contributed by atoms with Crippen molar-refractivity contribution in [1.29, 1.82) is 0 Å². The molecule has 1 saturated carbocycles. The molecule has 2 aliphatic heterocycles. The second-order valence-electron chi connectivity index (χ2n) is 9.96. The van der Waals surface area contributed by atoms with Crippen molar-refractivity contribution in [1.82, 2.24) is 10.2 Å². The highest BCUT2D eigenvalue weighted by molar-refractivity contribution is 5.84. The molecule has 2 heterocycles. The molecule has 2 fully saturated rings. The average molecular weight is 411 g/mol. The minimum Gasteiger partial charge on any atom is -0.381 e. The first-order valence-electron chi connectivity index (χ1n) is 11.9. The molecule has 1 aromatic rings. The van der Waals surface area contributed by atoms with Crippen molar-refractivity contribution in [3.63, 3.8) is 0 Å². The monoisotopic (exact) mass is 410 g/mol. The second-order valence-corrected chi connectivity index (χ2v) is 9.96. The molecule has 1 aromatic carbocycles. The molecule has 0 bridgehead atoms. The smallest absolute Gasteiger partial charge is 0.229 e. The summed E-state index contributed by atoms with van der Waals surface area (Å²) in [6.07, 6.45) is 7.38. The number of hydrogen-bond donors (Lipinski definition) is 1. The molecule has 4 rings (SSSR count). The van der Waals surface area contributed by atoms with Gasteiger partial charge in [-0.2, -0.15) is 0 Å². The highest BCUT2D eigenvalue weighted by Gasteiger charge is 2.49. The van der Waals surface area contributed by atoms with Gasteiger partial charge in [-0.1, -0.05) is 57.2 Å². The largest absolute Gasteiger partial charge is 0.381 e. The van der Waals surface area contributed by atoms with Crippen molar-refractivity contribution >= 4 is 11.5 Å². The summed E-state index contributed by atoms with van der Waals surface area (Å²) in [5.41, 5.74) is 2.45.